The summed E-state index contributed by atoms with van der Waals surface area (Å²) in [5.74, 6) is 1.82. The first-order valence-corrected chi connectivity index (χ1v) is 18.5. The van der Waals surface area contributed by atoms with Gasteiger partial charge in [-0.05, 0) is 96.0 Å². The summed E-state index contributed by atoms with van der Waals surface area (Å²) in [7, 11) is -1.96. The number of halogens is 1. The molecule has 3 heterocycles. The third kappa shape index (κ3) is 6.33. The number of carbonyl (C=O) groups excluding carboxylic acids is 1. The van der Waals surface area contributed by atoms with Crippen LogP contribution < -0.4 is 15.5 Å². The number of aryl methyl sites for hydroxylation is 1. The number of hydrogen-bond acceptors (Lipinski definition) is 5. The Balaban J connectivity index is 1.44. The first-order valence-electron chi connectivity index (χ1n) is 14.8. The Kier molecular flexibility index (Phi) is 8.27. The lowest BCUT2D eigenvalue weighted by Gasteiger charge is -2.36. The van der Waals surface area contributed by atoms with Crippen LogP contribution in [0.4, 0.5) is 11.4 Å². The first kappa shape index (κ1) is 29.6. The number of anilines is 1. The van der Waals surface area contributed by atoms with Crippen molar-refractivity contribution in [1.29, 1.82) is 0 Å². The zero-order valence-electron chi connectivity index (χ0n) is 25.1. The van der Waals surface area contributed by atoms with Crippen LogP contribution in [-0.4, -0.2) is 53.7 Å². The van der Waals surface area contributed by atoms with E-state index >= 15 is 0 Å². The van der Waals surface area contributed by atoms with Gasteiger partial charge in [-0.15, -0.1) is 0 Å². The number of rotatable bonds is 9. The number of aliphatic imine (C=N–C) groups is 1. The highest BCUT2D eigenvalue weighted by Crippen LogP contribution is 2.39. The monoisotopic (exact) mass is 638 g/mol. The Morgan fingerprint density at radius 3 is 2.68 bits per heavy atom. The van der Waals surface area contributed by atoms with Crippen molar-refractivity contribution in [3.05, 3.63) is 52.3 Å². The fourth-order valence-corrected chi connectivity index (χ4v) is 6.62. The molecule has 8 nitrogen and oxygen atoms in total. The highest BCUT2D eigenvalue weighted by molar-refractivity contribution is 9.10. The Morgan fingerprint density at radius 2 is 2.00 bits per heavy atom. The first-order chi connectivity index (χ1) is 19.4. The SMILES string of the molecule is CCc1cc(O[Si](C)(C)C(C)(C)C)ccc1N=C(N)c1cnn2cc(Br)cc2c1NC[C@@H]1CCCN1C(=O)C1CC1. The molecule has 10 heteroatoms. The molecule has 3 aromatic rings. The van der Waals surface area contributed by atoms with Gasteiger partial charge < -0.3 is 20.4 Å². The van der Waals surface area contributed by atoms with Crippen molar-refractivity contribution in [2.24, 2.45) is 16.6 Å². The van der Waals surface area contributed by atoms with Crippen LogP contribution in [-0.2, 0) is 11.2 Å². The molecule has 2 aliphatic rings. The van der Waals surface area contributed by atoms with Gasteiger partial charge in [-0.1, -0.05) is 27.7 Å². The van der Waals surface area contributed by atoms with Crippen molar-refractivity contribution in [1.82, 2.24) is 14.5 Å². The molecule has 1 aliphatic carbocycles. The van der Waals surface area contributed by atoms with Gasteiger partial charge in [0.1, 0.15) is 11.6 Å². The van der Waals surface area contributed by atoms with Crippen LogP contribution in [0, 0.1) is 5.92 Å². The average molecular weight is 640 g/mol. The summed E-state index contributed by atoms with van der Waals surface area (Å²) in [5, 5.41) is 8.37. The molecule has 2 aromatic heterocycles. The Hall–Kier alpha value is -2.85. The Bertz CT molecular complexity index is 1470. The van der Waals surface area contributed by atoms with Crippen LogP contribution in [0.3, 0.4) is 0 Å². The molecule has 1 atom stereocenters. The molecule has 0 radical (unpaired) electrons. The summed E-state index contributed by atoms with van der Waals surface area (Å²) in [5.41, 5.74) is 11.1. The quantitative estimate of drug-likeness (QED) is 0.151. The van der Waals surface area contributed by atoms with Crippen molar-refractivity contribution in [3.8, 4) is 5.75 Å². The van der Waals surface area contributed by atoms with Gasteiger partial charge in [0.15, 0.2) is 0 Å². The second-order valence-electron chi connectivity index (χ2n) is 12.9. The number of carbonyl (C=O) groups is 1. The fourth-order valence-electron chi connectivity index (χ4n) is 5.18. The highest BCUT2D eigenvalue weighted by atomic mass is 79.9. The van der Waals surface area contributed by atoms with Gasteiger partial charge in [0.25, 0.3) is 0 Å². The van der Waals surface area contributed by atoms with Gasteiger partial charge >= 0.3 is 0 Å². The Labute approximate surface area is 253 Å². The molecule has 3 N–H and O–H groups in total. The van der Waals surface area contributed by atoms with Crippen molar-refractivity contribution in [3.63, 3.8) is 0 Å². The molecule has 0 unspecified atom stereocenters. The van der Waals surface area contributed by atoms with E-state index in [1.54, 1.807) is 6.20 Å². The molecule has 1 saturated heterocycles. The van der Waals surface area contributed by atoms with Gasteiger partial charge in [0.05, 0.1) is 28.7 Å². The van der Waals surface area contributed by atoms with Crippen molar-refractivity contribution >= 4 is 52.9 Å². The average Bonchev–Trinajstić information content (AvgIpc) is 3.53. The number of benzene rings is 1. The van der Waals surface area contributed by atoms with Gasteiger partial charge in [-0.2, -0.15) is 5.10 Å². The number of amidine groups is 1. The van der Waals surface area contributed by atoms with E-state index in [1.807, 2.05) is 28.9 Å². The summed E-state index contributed by atoms with van der Waals surface area (Å²) in [4.78, 5) is 19.8. The van der Waals surface area contributed by atoms with E-state index in [-0.39, 0.29) is 17.0 Å². The summed E-state index contributed by atoms with van der Waals surface area (Å²) in [6, 6.07) is 8.30. The van der Waals surface area contributed by atoms with Gasteiger partial charge in [-0.3, -0.25) is 4.79 Å². The van der Waals surface area contributed by atoms with E-state index in [9.17, 15) is 4.79 Å². The third-order valence-corrected chi connectivity index (χ3v) is 13.6. The predicted molar refractivity (Wildman–Crippen MR) is 173 cm³/mol. The number of fused-ring (bicyclic) bond motifs is 1. The van der Waals surface area contributed by atoms with Gasteiger partial charge in [0, 0.05) is 35.7 Å². The van der Waals surface area contributed by atoms with E-state index in [0.717, 1.165) is 76.9 Å². The van der Waals surface area contributed by atoms with Crippen molar-refractivity contribution < 1.29 is 9.22 Å². The fraction of sp³-hybridized carbons (Fsp3) is 0.516. The molecule has 1 saturated carbocycles. The molecular formula is C31H43BrN6O2Si. The van der Waals surface area contributed by atoms with Crippen LogP contribution in [0.15, 0.2) is 46.1 Å². The zero-order chi connectivity index (χ0) is 29.5. The topological polar surface area (TPSA) is 97.2 Å². The van der Waals surface area contributed by atoms with E-state index in [0.29, 0.717) is 18.3 Å². The van der Waals surface area contributed by atoms with E-state index in [2.05, 4.69) is 78.1 Å². The molecule has 0 spiro atoms. The van der Waals surface area contributed by atoms with E-state index < -0.39 is 8.32 Å². The lowest BCUT2D eigenvalue weighted by Crippen LogP contribution is -2.43. The van der Waals surface area contributed by atoms with Crippen LogP contribution in [0.25, 0.3) is 5.52 Å². The summed E-state index contributed by atoms with van der Waals surface area (Å²) < 4.78 is 9.31. The van der Waals surface area contributed by atoms with Crippen LogP contribution in [0.1, 0.15) is 64.5 Å². The normalized spacial score (nSPS) is 18.3. The van der Waals surface area contributed by atoms with E-state index in [1.165, 1.54) is 0 Å². The minimum absolute atomic E-state index is 0.115. The number of amides is 1. The Morgan fingerprint density at radius 1 is 1.24 bits per heavy atom. The number of hydrogen-bond donors (Lipinski definition) is 2. The molecule has 1 amide bonds. The number of likely N-dealkylation sites (tertiary alicyclic amines) is 1. The van der Waals surface area contributed by atoms with Crippen LogP contribution in [0.5, 0.6) is 5.75 Å². The number of aromatic nitrogens is 2. The molecule has 220 valence electrons. The number of nitrogens with one attached hydrogen (secondary N) is 1. The smallest absolute Gasteiger partial charge is 0.250 e. The predicted octanol–water partition coefficient (Wildman–Crippen LogP) is 6.89. The second-order valence-corrected chi connectivity index (χ2v) is 18.5. The van der Waals surface area contributed by atoms with Gasteiger partial charge in [-0.25, -0.2) is 9.51 Å². The molecule has 0 bridgehead atoms. The van der Waals surface area contributed by atoms with E-state index in [4.69, 9.17) is 15.2 Å². The molecule has 1 aromatic carbocycles. The number of nitrogens with zero attached hydrogens (tertiary/aromatic N) is 4. The van der Waals surface area contributed by atoms with Crippen molar-refractivity contribution in [2.75, 3.05) is 18.4 Å². The molecule has 1 aliphatic heterocycles. The van der Waals surface area contributed by atoms with Crippen LogP contribution >= 0.6 is 15.9 Å². The lowest BCUT2D eigenvalue weighted by atomic mass is 10.1. The molecule has 5 rings (SSSR count). The van der Waals surface area contributed by atoms with Crippen molar-refractivity contribution in [2.45, 2.75) is 84.0 Å². The molecule has 41 heavy (non-hydrogen) atoms. The number of nitrogens with two attached hydrogens (primary N) is 1. The maximum absolute atomic E-state index is 12.9. The largest absolute Gasteiger partial charge is 0.543 e. The molecule has 2 fully saturated rings. The van der Waals surface area contributed by atoms with Crippen LogP contribution in [0.2, 0.25) is 18.1 Å². The maximum Gasteiger partial charge on any atom is 0.250 e. The summed E-state index contributed by atoms with van der Waals surface area (Å²) in [6.45, 7) is 14.9. The third-order valence-electron chi connectivity index (χ3n) is 8.83. The zero-order valence-corrected chi connectivity index (χ0v) is 27.7. The standard InChI is InChI=1S/C31H43BrN6O2Si/c1-7-20-15-24(40-41(5,6)31(2,3)4)12-13-26(20)36-29(33)25-18-35-38-19-22(32)16-27(38)28(25)34-17-23-9-8-14-37(23)30(39)21-10-11-21/h12-13,15-16,18-19,21,23,34H,7-11,14,17H2,1-6H3,(H2,33,36)/t23-/m0/s1. The minimum Gasteiger partial charge on any atom is -0.543 e. The minimum atomic E-state index is -1.96. The highest BCUT2D eigenvalue weighted by Gasteiger charge is 2.39. The summed E-state index contributed by atoms with van der Waals surface area (Å²) >= 11 is 3.59. The molecular weight excluding hydrogens is 596 g/mol. The van der Waals surface area contributed by atoms with Gasteiger partial charge in [0.2, 0.25) is 14.2 Å². The second kappa shape index (κ2) is 11.4. The maximum atomic E-state index is 12.9. The lowest BCUT2D eigenvalue weighted by molar-refractivity contribution is -0.133. The summed E-state index contributed by atoms with van der Waals surface area (Å²) in [6.07, 6.45) is 8.59.